The van der Waals surface area contributed by atoms with Crippen LogP contribution in [0.4, 0.5) is 14.6 Å². The number of hydrogen-bond donors (Lipinski definition) is 1. The third kappa shape index (κ3) is 3.59. The van der Waals surface area contributed by atoms with Gasteiger partial charge in [-0.25, -0.2) is 13.5 Å². The Bertz CT molecular complexity index is 845. The van der Waals surface area contributed by atoms with E-state index in [1.165, 1.54) is 16.0 Å². The number of rotatable bonds is 4. The van der Waals surface area contributed by atoms with Crippen molar-refractivity contribution in [2.24, 2.45) is 5.92 Å². The van der Waals surface area contributed by atoms with Crippen molar-refractivity contribution < 1.29 is 18.3 Å². The molecule has 0 aromatic carbocycles. The number of aryl methyl sites for hydroxylation is 1. The molecule has 0 unspecified atom stereocenters. The van der Waals surface area contributed by atoms with Crippen LogP contribution in [0.15, 0.2) is 18.2 Å². The molecule has 0 saturated carbocycles. The smallest absolute Gasteiger partial charge is 0.264 e. The Morgan fingerprint density at radius 1 is 1.36 bits per heavy atom. The van der Waals surface area contributed by atoms with Crippen molar-refractivity contribution in [2.75, 3.05) is 25.5 Å². The van der Waals surface area contributed by atoms with Crippen molar-refractivity contribution in [3.05, 3.63) is 28.8 Å². The number of fused-ring (bicyclic) bond motifs is 1. The second kappa shape index (κ2) is 7.69. The number of alkyl halides is 2. The van der Waals surface area contributed by atoms with E-state index in [1.54, 1.807) is 19.2 Å². The molecule has 0 spiro atoms. The number of halogens is 2. The molecule has 9 heteroatoms. The standard InChI is InChI=1S/C19H24F2N4O2S/c1-11-9-16-22-13(10-14(18(20)21)25(16)23-11)12-5-7-24(8-6-12)19(26)15-3-4-17(27-2)28-15/h3-4,9,12-14,18,22H,5-8,10H2,1-2H3/t13-,14+/m0/s1. The number of amides is 1. The number of carbonyl (C=O) groups excluding carboxylic acids is 1. The Balaban J connectivity index is 1.40. The summed E-state index contributed by atoms with van der Waals surface area (Å²) in [7, 11) is 1.59. The zero-order valence-electron chi connectivity index (χ0n) is 15.9. The SMILES string of the molecule is COc1ccc(C(=O)N2CCC([C@@H]3C[C@H](C(F)F)n4nc(C)cc4N3)CC2)s1. The molecule has 1 saturated heterocycles. The fourth-order valence-electron chi connectivity index (χ4n) is 4.21. The fourth-order valence-corrected chi connectivity index (χ4v) is 5.00. The molecule has 4 rings (SSSR count). The summed E-state index contributed by atoms with van der Waals surface area (Å²) >= 11 is 1.34. The summed E-state index contributed by atoms with van der Waals surface area (Å²) in [5, 5.41) is 8.35. The van der Waals surface area contributed by atoms with Crippen LogP contribution in [-0.2, 0) is 0 Å². The van der Waals surface area contributed by atoms with Crippen LogP contribution in [0, 0.1) is 12.8 Å². The lowest BCUT2D eigenvalue weighted by Crippen LogP contribution is -2.46. The van der Waals surface area contributed by atoms with Gasteiger partial charge in [-0.1, -0.05) is 11.3 Å². The second-order valence-electron chi connectivity index (χ2n) is 7.46. The first-order chi connectivity index (χ1) is 13.5. The molecule has 0 radical (unpaired) electrons. The van der Waals surface area contributed by atoms with Gasteiger partial charge in [-0.2, -0.15) is 5.10 Å². The number of likely N-dealkylation sites (tertiary alicyclic amines) is 1. The van der Waals surface area contributed by atoms with Crippen molar-refractivity contribution in [3.63, 3.8) is 0 Å². The van der Waals surface area contributed by atoms with E-state index < -0.39 is 12.5 Å². The Morgan fingerprint density at radius 2 is 2.11 bits per heavy atom. The molecule has 4 heterocycles. The summed E-state index contributed by atoms with van der Waals surface area (Å²) in [6.07, 6.45) is -0.491. The van der Waals surface area contributed by atoms with E-state index >= 15 is 0 Å². The monoisotopic (exact) mass is 410 g/mol. The molecule has 0 bridgehead atoms. The van der Waals surface area contributed by atoms with Gasteiger partial charge < -0.3 is 15.0 Å². The number of methoxy groups -OCH3 is 1. The topological polar surface area (TPSA) is 59.4 Å². The van der Waals surface area contributed by atoms with Crippen LogP contribution in [-0.4, -0.2) is 53.3 Å². The van der Waals surface area contributed by atoms with Gasteiger partial charge >= 0.3 is 0 Å². The van der Waals surface area contributed by atoms with Crippen LogP contribution in [0.25, 0.3) is 0 Å². The van der Waals surface area contributed by atoms with Crippen molar-refractivity contribution in [2.45, 2.75) is 44.7 Å². The van der Waals surface area contributed by atoms with Gasteiger partial charge in [-0.3, -0.25) is 4.79 Å². The van der Waals surface area contributed by atoms with E-state index in [9.17, 15) is 13.6 Å². The molecule has 28 heavy (non-hydrogen) atoms. The Morgan fingerprint density at radius 3 is 2.75 bits per heavy atom. The fraction of sp³-hybridized carbons (Fsp3) is 0.579. The lowest BCUT2D eigenvalue weighted by atomic mass is 9.85. The highest BCUT2D eigenvalue weighted by Crippen LogP contribution is 2.37. The van der Waals surface area contributed by atoms with Crippen LogP contribution in [0.5, 0.6) is 5.06 Å². The van der Waals surface area contributed by atoms with Gasteiger partial charge in [0, 0.05) is 25.2 Å². The molecule has 2 aromatic rings. The van der Waals surface area contributed by atoms with E-state index in [2.05, 4.69) is 10.4 Å². The molecule has 2 aliphatic rings. The Hall–Kier alpha value is -2.16. The second-order valence-corrected chi connectivity index (χ2v) is 8.50. The number of aromatic nitrogens is 2. The van der Waals surface area contributed by atoms with Gasteiger partial charge in [0.15, 0.2) is 5.06 Å². The van der Waals surface area contributed by atoms with Crippen LogP contribution >= 0.6 is 11.3 Å². The molecule has 2 aromatic heterocycles. The summed E-state index contributed by atoms with van der Waals surface area (Å²) in [5.74, 6) is 0.942. The Kier molecular flexibility index (Phi) is 5.27. The van der Waals surface area contributed by atoms with E-state index in [1.807, 2.05) is 17.9 Å². The molecule has 152 valence electrons. The van der Waals surface area contributed by atoms with Crippen molar-refractivity contribution in [3.8, 4) is 5.06 Å². The first kappa shape index (κ1) is 19.2. The summed E-state index contributed by atoms with van der Waals surface area (Å²) in [4.78, 5) is 15.2. The molecule has 1 N–H and O–H groups in total. The molecular weight excluding hydrogens is 386 g/mol. The van der Waals surface area contributed by atoms with Crippen molar-refractivity contribution in [1.29, 1.82) is 0 Å². The van der Waals surface area contributed by atoms with Gasteiger partial charge in [-0.15, -0.1) is 0 Å². The van der Waals surface area contributed by atoms with Crippen LogP contribution in [0.2, 0.25) is 0 Å². The number of hydrogen-bond acceptors (Lipinski definition) is 5. The summed E-state index contributed by atoms with van der Waals surface area (Å²) in [6, 6.07) is 4.49. The zero-order valence-corrected chi connectivity index (χ0v) is 16.7. The minimum Gasteiger partial charge on any atom is -0.487 e. The number of nitrogens with zero attached hydrogens (tertiary/aromatic N) is 3. The third-order valence-electron chi connectivity index (χ3n) is 5.68. The summed E-state index contributed by atoms with van der Waals surface area (Å²) < 4.78 is 33.8. The third-order valence-corrected chi connectivity index (χ3v) is 6.72. The van der Waals surface area contributed by atoms with Gasteiger partial charge in [0.1, 0.15) is 11.9 Å². The van der Waals surface area contributed by atoms with E-state index in [4.69, 9.17) is 4.74 Å². The first-order valence-corrected chi connectivity index (χ1v) is 10.3. The molecular formula is C19H24F2N4O2S. The predicted octanol–water partition coefficient (Wildman–Crippen LogP) is 3.80. The maximum absolute atomic E-state index is 13.6. The minimum atomic E-state index is -2.45. The highest BCUT2D eigenvalue weighted by Gasteiger charge is 2.38. The predicted molar refractivity (Wildman–Crippen MR) is 104 cm³/mol. The average molecular weight is 410 g/mol. The van der Waals surface area contributed by atoms with Crippen LogP contribution in [0.1, 0.15) is 40.7 Å². The first-order valence-electron chi connectivity index (χ1n) is 9.50. The normalized spacial score (nSPS) is 22.8. The molecule has 1 fully saturated rings. The number of nitrogens with one attached hydrogen (secondary N) is 1. The molecule has 1 amide bonds. The molecule has 6 nitrogen and oxygen atoms in total. The van der Waals surface area contributed by atoms with Gasteiger partial charge in [0.2, 0.25) is 0 Å². The van der Waals surface area contributed by atoms with Crippen LogP contribution < -0.4 is 10.1 Å². The van der Waals surface area contributed by atoms with Gasteiger partial charge in [-0.05, 0) is 44.2 Å². The zero-order chi connectivity index (χ0) is 19.8. The summed E-state index contributed by atoms with van der Waals surface area (Å²) in [5.41, 5.74) is 0.737. The highest BCUT2D eigenvalue weighted by molar-refractivity contribution is 7.15. The van der Waals surface area contributed by atoms with Gasteiger partial charge in [0.05, 0.1) is 17.7 Å². The number of thiophene rings is 1. The van der Waals surface area contributed by atoms with Crippen LogP contribution in [0.3, 0.4) is 0 Å². The number of piperidine rings is 1. The number of ether oxygens (including phenoxy) is 1. The van der Waals surface area contributed by atoms with Crippen molar-refractivity contribution >= 4 is 23.1 Å². The van der Waals surface area contributed by atoms with E-state index in [-0.39, 0.29) is 17.9 Å². The lowest BCUT2D eigenvalue weighted by Gasteiger charge is -2.40. The van der Waals surface area contributed by atoms with Gasteiger partial charge in [0.25, 0.3) is 12.3 Å². The molecule has 2 aliphatic heterocycles. The quantitative estimate of drug-likeness (QED) is 0.833. The number of anilines is 1. The summed E-state index contributed by atoms with van der Waals surface area (Å²) in [6.45, 7) is 3.09. The average Bonchev–Trinajstić information content (AvgIpc) is 3.32. The Labute approximate surface area is 166 Å². The maximum Gasteiger partial charge on any atom is 0.264 e. The minimum absolute atomic E-state index is 0.0162. The van der Waals surface area contributed by atoms with E-state index in [0.717, 1.165) is 23.6 Å². The lowest BCUT2D eigenvalue weighted by molar-refractivity contribution is 0.0540. The highest BCUT2D eigenvalue weighted by atomic mass is 32.1. The molecule has 0 aliphatic carbocycles. The largest absolute Gasteiger partial charge is 0.487 e. The van der Waals surface area contributed by atoms with E-state index in [0.29, 0.717) is 30.2 Å². The number of carbonyl (C=O) groups is 1. The van der Waals surface area contributed by atoms with Crippen molar-refractivity contribution in [1.82, 2.24) is 14.7 Å². The maximum atomic E-state index is 13.6. The molecule has 2 atom stereocenters.